The standard InChI is InChI=1S/C22H39ClN2O6S/c1-10(2)12-6-7-30-19-13(8-12)9-25(4)15(19)21(29)24-14(11(3)23)20-17(27)16(26)18(28)22(31-20)32-5/h10-20,22,26-28H,6-9H2,1-5H3,(H,24,29)/t11-,12+,13-,14+,15-,16?,17?,18+,19+,20+,22?/m0/s1. The molecule has 0 aromatic rings. The van der Waals surface area contributed by atoms with Crippen LogP contribution in [0.4, 0.5) is 0 Å². The van der Waals surface area contributed by atoms with Gasteiger partial charge >= 0.3 is 0 Å². The summed E-state index contributed by atoms with van der Waals surface area (Å²) in [6, 6.07) is -1.21. The van der Waals surface area contributed by atoms with E-state index in [4.69, 9.17) is 21.1 Å². The minimum atomic E-state index is -1.39. The highest BCUT2D eigenvalue weighted by Gasteiger charge is 2.50. The summed E-state index contributed by atoms with van der Waals surface area (Å²) >= 11 is 7.65. The van der Waals surface area contributed by atoms with Crippen molar-refractivity contribution in [3.8, 4) is 0 Å². The zero-order valence-electron chi connectivity index (χ0n) is 19.6. The van der Waals surface area contributed by atoms with Crippen molar-refractivity contribution in [3.63, 3.8) is 0 Å². The largest absolute Gasteiger partial charge is 0.388 e. The molecule has 3 saturated heterocycles. The van der Waals surface area contributed by atoms with Gasteiger partial charge in [0, 0.05) is 19.1 Å². The number of halogens is 1. The number of hydrogen-bond acceptors (Lipinski definition) is 8. The van der Waals surface area contributed by atoms with Crippen LogP contribution in [0.5, 0.6) is 0 Å². The number of carbonyl (C=O) groups is 1. The predicted molar refractivity (Wildman–Crippen MR) is 125 cm³/mol. The summed E-state index contributed by atoms with van der Waals surface area (Å²) in [6.45, 7) is 7.62. The summed E-state index contributed by atoms with van der Waals surface area (Å²) in [6.07, 6.45) is -1.36. The van der Waals surface area contributed by atoms with Crippen LogP contribution in [0.25, 0.3) is 0 Å². The second-order valence-corrected chi connectivity index (χ2v) is 11.5. The van der Waals surface area contributed by atoms with Crippen LogP contribution >= 0.6 is 23.4 Å². The molecule has 0 radical (unpaired) electrons. The molecule has 0 saturated carbocycles. The van der Waals surface area contributed by atoms with Crippen molar-refractivity contribution in [2.75, 3.05) is 26.5 Å². The lowest BCUT2D eigenvalue weighted by atomic mass is 9.83. The van der Waals surface area contributed by atoms with Gasteiger partial charge in [0.05, 0.1) is 17.5 Å². The molecule has 4 N–H and O–H groups in total. The SMILES string of the molecule is CSC1O[C@H]([C@H](NC(=O)[C@@H]2[C@@H]3OCC[C@@H](C(C)C)C[C@H]3CN2C)[C@H](C)Cl)C(O)C(O)[C@H]1O. The molecule has 11 atom stereocenters. The lowest BCUT2D eigenvalue weighted by molar-refractivity contribution is -0.205. The van der Waals surface area contributed by atoms with Crippen molar-refractivity contribution in [2.24, 2.45) is 17.8 Å². The van der Waals surface area contributed by atoms with Gasteiger partial charge in [-0.1, -0.05) is 13.8 Å². The number of nitrogens with zero attached hydrogens (tertiary/aromatic N) is 1. The molecule has 186 valence electrons. The van der Waals surface area contributed by atoms with E-state index in [1.54, 1.807) is 13.2 Å². The van der Waals surface area contributed by atoms with Crippen molar-refractivity contribution in [1.82, 2.24) is 10.2 Å². The van der Waals surface area contributed by atoms with E-state index in [1.807, 2.05) is 11.9 Å². The summed E-state index contributed by atoms with van der Waals surface area (Å²) in [5.74, 6) is 1.22. The number of nitrogens with one attached hydrogen (secondary N) is 1. The molecular weight excluding hydrogens is 456 g/mol. The number of amides is 1. The molecule has 3 aliphatic rings. The van der Waals surface area contributed by atoms with Crippen LogP contribution in [0, 0.1) is 17.8 Å². The summed E-state index contributed by atoms with van der Waals surface area (Å²) in [5, 5.41) is 33.5. The highest BCUT2D eigenvalue weighted by Crippen LogP contribution is 2.37. The van der Waals surface area contributed by atoms with Gasteiger partial charge in [0.25, 0.3) is 0 Å². The molecule has 8 nitrogen and oxygen atoms in total. The Kier molecular flexibility index (Phi) is 9.16. The van der Waals surface area contributed by atoms with Gasteiger partial charge in [-0.2, -0.15) is 0 Å². The van der Waals surface area contributed by atoms with Gasteiger partial charge in [0.1, 0.15) is 35.9 Å². The number of aliphatic hydroxyl groups is 3. The third-order valence-electron chi connectivity index (χ3n) is 7.39. The lowest BCUT2D eigenvalue weighted by Crippen LogP contribution is -2.65. The average molecular weight is 495 g/mol. The first-order valence-electron chi connectivity index (χ1n) is 11.6. The Morgan fingerprint density at radius 3 is 2.47 bits per heavy atom. The number of thioether (sulfide) groups is 1. The molecule has 0 aliphatic carbocycles. The van der Waals surface area contributed by atoms with Crippen LogP contribution in [0.3, 0.4) is 0 Å². The monoisotopic (exact) mass is 494 g/mol. The normalized spacial score (nSPS) is 42.9. The van der Waals surface area contributed by atoms with Crippen LogP contribution in [0.1, 0.15) is 33.6 Å². The fourth-order valence-electron chi connectivity index (χ4n) is 5.42. The van der Waals surface area contributed by atoms with E-state index in [-0.39, 0.29) is 17.9 Å². The quantitative estimate of drug-likeness (QED) is 0.398. The zero-order chi connectivity index (χ0) is 23.7. The number of hydrogen-bond donors (Lipinski definition) is 4. The lowest BCUT2D eigenvalue weighted by Gasteiger charge is -2.44. The highest BCUT2D eigenvalue weighted by molar-refractivity contribution is 7.99. The number of aliphatic hydroxyl groups excluding tert-OH is 3. The Bertz CT molecular complexity index is 642. The molecule has 0 spiro atoms. The second kappa shape index (κ2) is 11.1. The van der Waals surface area contributed by atoms with Crippen LogP contribution in [0.2, 0.25) is 0 Å². The van der Waals surface area contributed by atoms with Crippen LogP contribution in [0.15, 0.2) is 0 Å². The molecule has 32 heavy (non-hydrogen) atoms. The Labute approximate surface area is 200 Å². The van der Waals surface area contributed by atoms with Crippen molar-refractivity contribution in [1.29, 1.82) is 0 Å². The maximum Gasteiger partial charge on any atom is 0.240 e. The van der Waals surface area contributed by atoms with Crippen molar-refractivity contribution < 1.29 is 29.6 Å². The first-order chi connectivity index (χ1) is 15.1. The summed E-state index contributed by atoms with van der Waals surface area (Å²) in [4.78, 5) is 15.5. The van der Waals surface area contributed by atoms with Crippen molar-refractivity contribution in [2.45, 2.75) is 87.0 Å². The van der Waals surface area contributed by atoms with Gasteiger partial charge in [-0.15, -0.1) is 23.4 Å². The molecule has 0 bridgehead atoms. The van der Waals surface area contributed by atoms with Gasteiger partial charge in [-0.25, -0.2) is 0 Å². The van der Waals surface area contributed by atoms with Gasteiger partial charge < -0.3 is 30.1 Å². The third-order valence-corrected chi connectivity index (χ3v) is 8.51. The van der Waals surface area contributed by atoms with E-state index in [9.17, 15) is 20.1 Å². The van der Waals surface area contributed by atoms with Gasteiger partial charge in [0.2, 0.25) is 5.91 Å². The Hall–Kier alpha value is -0.130. The fraction of sp³-hybridized carbons (Fsp3) is 0.955. The first-order valence-corrected chi connectivity index (χ1v) is 13.3. The molecule has 3 fully saturated rings. The molecule has 3 aliphatic heterocycles. The summed E-state index contributed by atoms with van der Waals surface area (Å²) in [7, 11) is 1.93. The minimum absolute atomic E-state index is 0.196. The molecular formula is C22H39ClN2O6S. The molecule has 10 heteroatoms. The van der Waals surface area contributed by atoms with E-state index in [1.165, 1.54) is 11.8 Å². The molecule has 0 aromatic carbocycles. The molecule has 3 unspecified atom stereocenters. The van der Waals surface area contributed by atoms with Crippen LogP contribution in [-0.2, 0) is 14.3 Å². The van der Waals surface area contributed by atoms with Crippen LogP contribution < -0.4 is 5.32 Å². The molecule has 3 rings (SSSR count). The number of ether oxygens (including phenoxy) is 2. The summed E-state index contributed by atoms with van der Waals surface area (Å²) in [5.41, 5.74) is -0.732. The number of carbonyl (C=O) groups excluding carboxylic acids is 1. The van der Waals surface area contributed by atoms with Crippen LogP contribution in [-0.4, -0.2) is 106 Å². The number of rotatable bonds is 6. The van der Waals surface area contributed by atoms with Gasteiger partial charge in [0.15, 0.2) is 0 Å². The Morgan fingerprint density at radius 1 is 1.19 bits per heavy atom. The maximum absolute atomic E-state index is 13.5. The number of alkyl halides is 1. The number of likely N-dealkylation sites (tertiary alicyclic amines) is 1. The smallest absolute Gasteiger partial charge is 0.240 e. The van der Waals surface area contributed by atoms with E-state index >= 15 is 0 Å². The molecule has 3 heterocycles. The second-order valence-electron chi connectivity index (χ2n) is 9.90. The first kappa shape index (κ1) is 26.5. The number of likely N-dealkylation sites (N-methyl/N-ethyl adjacent to an activating group) is 1. The maximum atomic E-state index is 13.5. The van der Waals surface area contributed by atoms with Crippen molar-refractivity contribution >= 4 is 29.3 Å². The topological polar surface area (TPSA) is 111 Å². The van der Waals surface area contributed by atoms with E-state index < -0.39 is 47.3 Å². The van der Waals surface area contributed by atoms with Gasteiger partial charge in [-0.3, -0.25) is 9.69 Å². The predicted octanol–water partition coefficient (Wildman–Crippen LogP) is 0.651. The average Bonchev–Trinajstić information content (AvgIpc) is 2.90. The summed E-state index contributed by atoms with van der Waals surface area (Å²) < 4.78 is 12.1. The van der Waals surface area contributed by atoms with E-state index in [2.05, 4.69) is 19.2 Å². The van der Waals surface area contributed by atoms with E-state index in [0.29, 0.717) is 18.4 Å². The fourth-order valence-corrected chi connectivity index (χ4v) is 6.31. The Balaban J connectivity index is 1.75. The molecule has 0 aromatic heterocycles. The zero-order valence-corrected chi connectivity index (χ0v) is 21.1. The van der Waals surface area contributed by atoms with E-state index in [0.717, 1.165) is 19.4 Å². The van der Waals surface area contributed by atoms with Gasteiger partial charge in [-0.05, 0) is 44.9 Å². The molecule has 1 amide bonds. The number of fused-ring (bicyclic) bond motifs is 1. The Morgan fingerprint density at radius 2 is 1.88 bits per heavy atom. The third kappa shape index (κ3) is 5.40. The minimum Gasteiger partial charge on any atom is -0.388 e. The van der Waals surface area contributed by atoms with Crippen molar-refractivity contribution in [3.05, 3.63) is 0 Å². The highest BCUT2D eigenvalue weighted by atomic mass is 35.5.